The number of para-hydroxylation sites is 1. The molecule has 8 nitrogen and oxygen atoms in total. The van der Waals surface area contributed by atoms with E-state index in [0.29, 0.717) is 11.4 Å². The van der Waals surface area contributed by atoms with Crippen molar-refractivity contribution in [2.24, 2.45) is 4.99 Å². The molecule has 4 amide bonds. The number of rotatable bonds is 5. The van der Waals surface area contributed by atoms with Gasteiger partial charge >= 0.3 is 0 Å². The number of aliphatic imine (C=N–C) groups is 1. The second-order valence-electron chi connectivity index (χ2n) is 7.24. The van der Waals surface area contributed by atoms with Gasteiger partial charge in [0.15, 0.2) is 11.2 Å². The number of hydrogen-bond donors (Lipinski definition) is 2. The molecule has 0 fully saturated rings. The first-order valence-corrected chi connectivity index (χ1v) is 11.1. The Labute approximate surface area is 194 Å². The van der Waals surface area contributed by atoms with Crippen molar-refractivity contribution >= 4 is 62.7 Å². The third-order valence-corrected chi connectivity index (χ3v) is 5.81. The Morgan fingerprint density at radius 2 is 1.67 bits per heavy atom. The first-order chi connectivity index (χ1) is 15.9. The van der Waals surface area contributed by atoms with Crippen molar-refractivity contribution in [2.75, 3.05) is 16.0 Å². The number of anilines is 2. The maximum atomic E-state index is 13.1. The van der Waals surface area contributed by atoms with E-state index >= 15 is 0 Å². The van der Waals surface area contributed by atoms with Crippen LogP contribution < -0.4 is 15.5 Å². The molecule has 0 saturated carbocycles. The van der Waals surface area contributed by atoms with Crippen molar-refractivity contribution in [3.63, 3.8) is 0 Å². The Morgan fingerprint density at radius 1 is 0.970 bits per heavy atom. The summed E-state index contributed by atoms with van der Waals surface area (Å²) >= 11 is 0.971. The Bertz CT molecular complexity index is 1270. The number of nitrogens with zero attached hydrogens (tertiary/aromatic N) is 2. The number of benzene rings is 3. The average Bonchev–Trinajstić information content (AvgIpc) is 2.81. The molecule has 1 heterocycles. The summed E-state index contributed by atoms with van der Waals surface area (Å²) in [6.07, 6.45) is 0. The third kappa shape index (κ3) is 4.93. The van der Waals surface area contributed by atoms with Crippen LogP contribution in [0.3, 0.4) is 0 Å². The van der Waals surface area contributed by atoms with Crippen LogP contribution >= 0.6 is 11.8 Å². The Morgan fingerprint density at radius 3 is 2.42 bits per heavy atom. The fraction of sp³-hybridized carbons (Fsp3) is 0.125. The molecule has 4 rings (SSSR count). The van der Waals surface area contributed by atoms with Gasteiger partial charge in [0.1, 0.15) is 0 Å². The molecule has 3 aromatic carbocycles. The Kier molecular flexibility index (Phi) is 6.50. The maximum absolute atomic E-state index is 13.1. The number of nitrogens with one attached hydrogen (secondary N) is 2. The zero-order chi connectivity index (χ0) is 23.4. The molecule has 1 atom stereocenters. The van der Waals surface area contributed by atoms with Crippen LogP contribution in [0.4, 0.5) is 11.4 Å². The molecule has 33 heavy (non-hydrogen) atoms. The van der Waals surface area contributed by atoms with Crippen LogP contribution in [0.25, 0.3) is 10.8 Å². The molecule has 9 heteroatoms. The minimum atomic E-state index is -1.41. The van der Waals surface area contributed by atoms with E-state index in [-0.39, 0.29) is 16.8 Å². The number of amides is 4. The highest BCUT2D eigenvalue weighted by Gasteiger charge is 2.39. The molecular weight excluding hydrogens is 440 g/mol. The predicted octanol–water partition coefficient (Wildman–Crippen LogP) is 2.95. The highest BCUT2D eigenvalue weighted by molar-refractivity contribution is 8.14. The number of amidine groups is 1. The number of hydrogen-bond acceptors (Lipinski definition) is 5. The quantitative estimate of drug-likeness (QED) is 0.569. The monoisotopic (exact) mass is 460 g/mol. The summed E-state index contributed by atoms with van der Waals surface area (Å²) in [7, 11) is 0. The Hall–Kier alpha value is -3.98. The normalized spacial score (nSPS) is 15.8. The molecule has 1 aliphatic heterocycles. The van der Waals surface area contributed by atoms with E-state index in [1.807, 2.05) is 42.5 Å². The van der Waals surface area contributed by atoms with E-state index in [4.69, 9.17) is 0 Å². The molecule has 0 spiro atoms. The fourth-order valence-corrected chi connectivity index (χ4v) is 4.24. The molecule has 0 unspecified atom stereocenters. The highest BCUT2D eigenvalue weighted by atomic mass is 32.2. The van der Waals surface area contributed by atoms with Gasteiger partial charge in [-0.05, 0) is 23.6 Å². The summed E-state index contributed by atoms with van der Waals surface area (Å²) in [4.78, 5) is 54.9. The van der Waals surface area contributed by atoms with Crippen LogP contribution in [0.1, 0.15) is 6.92 Å². The van der Waals surface area contributed by atoms with Gasteiger partial charge in [0, 0.05) is 18.0 Å². The molecular formula is C24H20N4O4S. The summed E-state index contributed by atoms with van der Waals surface area (Å²) < 4.78 is 0. The van der Waals surface area contributed by atoms with Crippen LogP contribution in [0, 0.1) is 0 Å². The van der Waals surface area contributed by atoms with Crippen molar-refractivity contribution in [3.8, 4) is 0 Å². The average molecular weight is 461 g/mol. The van der Waals surface area contributed by atoms with E-state index < -0.39 is 23.8 Å². The number of thioether (sulfide) groups is 1. The molecule has 0 radical (unpaired) electrons. The molecule has 0 aliphatic carbocycles. The van der Waals surface area contributed by atoms with Gasteiger partial charge in [0.2, 0.25) is 11.8 Å². The highest BCUT2D eigenvalue weighted by Crippen LogP contribution is 2.26. The van der Waals surface area contributed by atoms with E-state index in [1.165, 1.54) is 11.8 Å². The van der Waals surface area contributed by atoms with Gasteiger partial charge in [0.05, 0.1) is 11.4 Å². The third-order valence-electron chi connectivity index (χ3n) is 4.87. The van der Waals surface area contributed by atoms with Crippen LogP contribution in [0.5, 0.6) is 0 Å². The zero-order valence-corrected chi connectivity index (χ0v) is 18.5. The van der Waals surface area contributed by atoms with Gasteiger partial charge < -0.3 is 10.6 Å². The van der Waals surface area contributed by atoms with Gasteiger partial charge in [-0.15, -0.1) is 0 Å². The van der Waals surface area contributed by atoms with Gasteiger partial charge in [-0.2, -0.15) is 4.99 Å². The molecule has 0 saturated heterocycles. The summed E-state index contributed by atoms with van der Waals surface area (Å²) in [5.74, 6) is -2.31. The minimum absolute atomic E-state index is 0.0727. The van der Waals surface area contributed by atoms with E-state index in [9.17, 15) is 19.2 Å². The fourth-order valence-electron chi connectivity index (χ4n) is 3.43. The first kappa shape index (κ1) is 22.2. The summed E-state index contributed by atoms with van der Waals surface area (Å²) in [5.41, 5.74) is 1.15. The molecule has 0 bridgehead atoms. The van der Waals surface area contributed by atoms with Crippen LogP contribution in [-0.4, -0.2) is 40.6 Å². The smallest absolute Gasteiger partial charge is 0.280 e. The second-order valence-corrected chi connectivity index (χ2v) is 8.18. The lowest BCUT2D eigenvalue weighted by molar-refractivity contribution is -0.133. The molecule has 0 aromatic heterocycles. The predicted molar refractivity (Wildman–Crippen MR) is 129 cm³/mol. The van der Waals surface area contributed by atoms with Crippen molar-refractivity contribution in [1.29, 1.82) is 0 Å². The molecule has 3 aromatic rings. The van der Waals surface area contributed by atoms with Gasteiger partial charge in [-0.1, -0.05) is 66.4 Å². The summed E-state index contributed by atoms with van der Waals surface area (Å²) in [6.45, 7) is 1.22. The van der Waals surface area contributed by atoms with Crippen LogP contribution in [-0.2, 0) is 19.2 Å². The lowest BCUT2D eigenvalue weighted by Gasteiger charge is -2.30. The van der Waals surface area contributed by atoms with Crippen molar-refractivity contribution in [1.82, 2.24) is 5.32 Å². The van der Waals surface area contributed by atoms with E-state index in [0.717, 1.165) is 22.5 Å². The standard InChI is InChI=1S/C24H20N4O4S/c1-15(29)25-21-22(31)27-24(28(23(21)32)17-10-3-2-4-11-17)33-14-20(30)26-19-13-7-9-16-8-5-6-12-18(16)19/h2-13,21H,14H2,1H3,(H,25,29)(H,26,30)/t21-/m1/s1. The lowest BCUT2D eigenvalue weighted by atomic mass is 10.1. The lowest BCUT2D eigenvalue weighted by Crippen LogP contribution is -2.57. The zero-order valence-electron chi connectivity index (χ0n) is 17.6. The van der Waals surface area contributed by atoms with Crippen LogP contribution in [0.2, 0.25) is 0 Å². The number of fused-ring (bicyclic) bond motifs is 1. The SMILES string of the molecule is CC(=O)N[C@@H]1C(=O)N=C(SCC(=O)Nc2cccc3ccccc23)N(c2ccccc2)C1=O. The van der Waals surface area contributed by atoms with Gasteiger partial charge in [-0.3, -0.25) is 24.1 Å². The maximum Gasteiger partial charge on any atom is 0.280 e. The summed E-state index contributed by atoms with van der Waals surface area (Å²) in [6, 6.07) is 20.5. The van der Waals surface area contributed by atoms with Crippen molar-refractivity contribution in [2.45, 2.75) is 13.0 Å². The van der Waals surface area contributed by atoms with Crippen molar-refractivity contribution in [3.05, 3.63) is 72.8 Å². The van der Waals surface area contributed by atoms with Gasteiger partial charge in [-0.25, -0.2) is 0 Å². The largest absolute Gasteiger partial charge is 0.337 e. The minimum Gasteiger partial charge on any atom is -0.337 e. The van der Waals surface area contributed by atoms with E-state index in [2.05, 4.69) is 15.6 Å². The molecule has 2 N–H and O–H groups in total. The number of carbonyl (C=O) groups is 4. The number of carbonyl (C=O) groups excluding carboxylic acids is 4. The van der Waals surface area contributed by atoms with E-state index in [1.54, 1.807) is 30.3 Å². The van der Waals surface area contributed by atoms with Gasteiger partial charge in [0.25, 0.3) is 11.8 Å². The molecule has 166 valence electrons. The first-order valence-electron chi connectivity index (χ1n) is 10.1. The van der Waals surface area contributed by atoms with Crippen LogP contribution in [0.15, 0.2) is 77.8 Å². The summed E-state index contributed by atoms with van der Waals surface area (Å²) in [5, 5.41) is 7.19. The Balaban J connectivity index is 1.54. The topological polar surface area (TPSA) is 108 Å². The van der Waals surface area contributed by atoms with Crippen molar-refractivity contribution < 1.29 is 19.2 Å². The molecule has 1 aliphatic rings. The second kappa shape index (κ2) is 9.66.